The molecule has 26 nitrogen and oxygen atoms in total. The Balaban J connectivity index is 0.00000819. The van der Waals surface area contributed by atoms with Crippen LogP contribution in [-0.2, 0) is 64.9 Å². The van der Waals surface area contributed by atoms with Crippen LogP contribution in [0.4, 0.5) is 34.6 Å². The molecule has 0 aliphatic rings. The molecule has 38 heteroatoms. The van der Waals surface area contributed by atoms with Crippen molar-refractivity contribution in [2.45, 2.75) is 24.5 Å². The molecule has 0 aliphatic heterocycles. The van der Waals surface area contributed by atoms with E-state index >= 15 is 0 Å². The van der Waals surface area contributed by atoms with E-state index in [1.54, 1.807) is 0 Å². The zero-order valence-corrected chi connectivity index (χ0v) is 49.2. The maximum Gasteiger partial charge on any atom is 1.00 e. The summed E-state index contributed by atoms with van der Waals surface area (Å²) in [6.07, 6.45) is 0. The van der Waals surface area contributed by atoms with Crippen LogP contribution in [0.5, 0.6) is 5.75 Å². The summed E-state index contributed by atoms with van der Waals surface area (Å²) >= 11 is 6.01. The molecule has 5 rings (SSSR count). The molecule has 1 aromatic heterocycles. The molecule has 0 amide bonds. The number of sulfone groups is 1. The van der Waals surface area contributed by atoms with Crippen molar-refractivity contribution in [3.63, 3.8) is 0 Å². The third kappa shape index (κ3) is 17.6. The van der Waals surface area contributed by atoms with Crippen molar-refractivity contribution in [1.82, 2.24) is 15.0 Å². The molecule has 0 bridgehead atoms. The van der Waals surface area contributed by atoms with E-state index in [4.69, 9.17) is 16.2 Å². The summed E-state index contributed by atoms with van der Waals surface area (Å²) < 4.78 is 203. The molecule has 65 heavy (non-hydrogen) atoms. The fraction of sp³-hybridized carbons (Fsp3) is 0.0741. The van der Waals surface area contributed by atoms with Gasteiger partial charge in [0.2, 0.25) is 17.2 Å². The van der Waals surface area contributed by atoms with Crippen LogP contribution in [0.15, 0.2) is 95.4 Å². The Morgan fingerprint density at radius 1 is 0.615 bits per heavy atom. The van der Waals surface area contributed by atoms with Gasteiger partial charge in [-0.25, -0.2) is 46.3 Å². The number of rotatable bonds is 15. The Labute approximate surface area is 484 Å². The molecular formula is C27H17ClN7Na5O19S6. The van der Waals surface area contributed by atoms with Gasteiger partial charge in [0.15, 0.2) is 9.84 Å². The molecule has 0 spiro atoms. The van der Waals surface area contributed by atoms with Gasteiger partial charge in [-0.3, -0.25) is 4.55 Å². The molecule has 0 saturated carbocycles. The predicted octanol–water partition coefficient (Wildman–Crippen LogP) is -14.1. The van der Waals surface area contributed by atoms with Crippen LogP contribution in [0, 0.1) is 0 Å². The monoisotopic (exact) mass is 1080 g/mol. The summed E-state index contributed by atoms with van der Waals surface area (Å²) in [5.41, 5.74) is -2.76. The van der Waals surface area contributed by atoms with E-state index in [2.05, 4.69) is 40.0 Å². The Hall–Kier alpha value is -0.100. The molecule has 322 valence electrons. The number of azo groups is 1. The summed E-state index contributed by atoms with van der Waals surface area (Å²) in [4.78, 5) is 5.46. The van der Waals surface area contributed by atoms with Gasteiger partial charge in [-0.1, -0.05) is 11.8 Å². The van der Waals surface area contributed by atoms with Gasteiger partial charge in [0.1, 0.15) is 46.2 Å². The fourth-order valence-corrected chi connectivity index (χ4v) is 9.14. The number of halogens is 1. The smallest absolute Gasteiger partial charge is 0.870 e. The van der Waals surface area contributed by atoms with E-state index in [1.807, 2.05) is 0 Å². The van der Waals surface area contributed by atoms with Gasteiger partial charge < -0.3 is 34.0 Å². The summed E-state index contributed by atoms with van der Waals surface area (Å²) in [6.45, 7) is -0.912. The number of aromatic nitrogens is 3. The number of hydrogen-bond acceptors (Lipinski definition) is 25. The maximum absolute atomic E-state index is 13.5. The third-order valence-corrected chi connectivity index (χ3v) is 13.0. The summed E-state index contributed by atoms with van der Waals surface area (Å²) in [5.74, 6) is -3.51. The summed E-state index contributed by atoms with van der Waals surface area (Å²) in [6, 6.07) is 7.64. The minimum absolute atomic E-state index is 0. The van der Waals surface area contributed by atoms with Gasteiger partial charge in [-0.05, 0) is 77.0 Å². The number of anilines is 4. The molecule has 0 fully saturated rings. The third-order valence-electron chi connectivity index (χ3n) is 7.28. The Morgan fingerprint density at radius 2 is 1.15 bits per heavy atom. The van der Waals surface area contributed by atoms with Crippen molar-refractivity contribution in [1.29, 1.82) is 0 Å². The fourth-order valence-electron chi connectivity index (χ4n) is 4.88. The first-order chi connectivity index (χ1) is 27.4. The zero-order chi connectivity index (χ0) is 44.8. The first-order valence-corrected chi connectivity index (χ1v) is 24.1. The van der Waals surface area contributed by atoms with Crippen molar-refractivity contribution < 1.29 is 230 Å². The van der Waals surface area contributed by atoms with E-state index in [-0.39, 0.29) is 182 Å². The second kappa shape index (κ2) is 24.8. The molecule has 0 saturated heterocycles. The molecule has 5 aromatic rings. The molecule has 3 N–H and O–H groups in total. The van der Waals surface area contributed by atoms with Crippen LogP contribution in [0.2, 0.25) is 5.28 Å². The SMILES string of the molecule is O=S(=O)(O)OCCS(=O)(=O)c1cccc(Nc2nc(Cl)nc(Nc3ccc(S(=O)(=O)[O-])c(N=Nc4c(S(=O)(=O)[O-])cc5cc(S(=O)(=O)[O-])cc(S(=O)(=O)[O-])c5c4[O-])c3)n2)c1.[Na+].[Na+].[Na+].[Na+].[Na+]. The average Bonchev–Trinajstić information content (AvgIpc) is 3.08. The van der Waals surface area contributed by atoms with E-state index < -0.39 is 132 Å². The van der Waals surface area contributed by atoms with Gasteiger partial charge in [0.25, 0.3) is 0 Å². The quantitative estimate of drug-likeness (QED) is 0.0498. The molecule has 1 heterocycles. The second-order valence-electron chi connectivity index (χ2n) is 11.4. The normalized spacial score (nSPS) is 12.2. The van der Waals surface area contributed by atoms with Crippen LogP contribution >= 0.6 is 11.6 Å². The zero-order valence-electron chi connectivity index (χ0n) is 33.5. The Kier molecular flexibility index (Phi) is 24.8. The summed E-state index contributed by atoms with van der Waals surface area (Å²) in [7, 11) is -31.8. The van der Waals surface area contributed by atoms with Crippen molar-refractivity contribution in [2.75, 3.05) is 23.0 Å². The van der Waals surface area contributed by atoms with Crippen molar-refractivity contribution >= 4 is 118 Å². The van der Waals surface area contributed by atoms with E-state index in [0.29, 0.717) is 12.1 Å². The minimum Gasteiger partial charge on any atom is -0.870 e. The van der Waals surface area contributed by atoms with Gasteiger partial charge in [0.05, 0.1) is 42.5 Å². The molecular weight excluding hydrogens is 1070 g/mol. The van der Waals surface area contributed by atoms with Gasteiger partial charge >= 0.3 is 158 Å². The molecule has 0 unspecified atom stereocenters. The molecule has 0 atom stereocenters. The van der Waals surface area contributed by atoms with Gasteiger partial charge in [0, 0.05) is 11.4 Å². The Morgan fingerprint density at radius 3 is 1.66 bits per heavy atom. The number of nitrogens with zero attached hydrogens (tertiary/aromatic N) is 5. The maximum atomic E-state index is 13.5. The summed E-state index contributed by atoms with van der Waals surface area (Å²) in [5, 5.41) is 22.6. The number of fused-ring (bicyclic) bond motifs is 1. The second-order valence-corrected chi connectivity index (χ2v) is 20.3. The van der Waals surface area contributed by atoms with Crippen LogP contribution in [-0.4, -0.2) is 101 Å². The first-order valence-electron chi connectivity index (χ1n) is 15.0. The van der Waals surface area contributed by atoms with Crippen molar-refractivity contribution in [3.8, 4) is 5.75 Å². The van der Waals surface area contributed by atoms with Gasteiger partial charge in [-0.15, -0.1) is 10.2 Å². The van der Waals surface area contributed by atoms with Crippen molar-refractivity contribution in [3.05, 3.63) is 65.9 Å². The number of benzene rings is 4. The molecule has 4 aromatic carbocycles. The van der Waals surface area contributed by atoms with Crippen molar-refractivity contribution in [2.24, 2.45) is 10.2 Å². The van der Waals surface area contributed by atoms with E-state index in [0.717, 1.165) is 24.3 Å². The number of hydrogen-bond donors (Lipinski definition) is 3. The van der Waals surface area contributed by atoms with E-state index in [1.165, 1.54) is 12.1 Å². The van der Waals surface area contributed by atoms with E-state index in [9.17, 15) is 73.8 Å². The molecule has 0 aliphatic carbocycles. The predicted molar refractivity (Wildman–Crippen MR) is 193 cm³/mol. The van der Waals surface area contributed by atoms with Crippen LogP contribution < -0.4 is 164 Å². The number of nitrogens with one attached hydrogen (secondary N) is 2. The van der Waals surface area contributed by atoms with Gasteiger partial charge in [-0.2, -0.15) is 23.4 Å². The molecule has 0 radical (unpaired) electrons. The minimum atomic E-state index is -5.84. The largest absolute Gasteiger partial charge is 1.00 e. The van der Waals surface area contributed by atoms with Crippen LogP contribution in [0.3, 0.4) is 0 Å². The topological polar surface area (TPSA) is 437 Å². The van der Waals surface area contributed by atoms with Crippen LogP contribution in [0.25, 0.3) is 10.8 Å². The first kappa shape index (κ1) is 64.9. The average molecular weight is 1090 g/mol. The standard InChI is InChI=1S/C27H22ClN7O19S6.5Na/c28-25-31-26(29-14-2-1-3-16(10-14)55(37,38)7-6-54-60(51,52)53)33-27(32-25)30-15-4-5-19(57(42,43)44)18(11-15)34-35-23-21(59(48,49)50)9-13-8-17(56(39,40)41)12-20(58(45,46)47)22(13)24(23)36;;;;;/h1-5,8-12,36H,6-7H2,(H,39,40,41)(H,42,43,44)(H,45,46,47)(H,48,49,50)(H,51,52,53)(H2,29,30,31,32,33);;;;;/q;5*+1/p-5. The Bertz CT molecular complexity index is 3340. The van der Waals surface area contributed by atoms with Crippen LogP contribution in [0.1, 0.15) is 0 Å².